The molecule has 31 heavy (non-hydrogen) atoms. The van der Waals surface area contributed by atoms with E-state index in [0.29, 0.717) is 36.2 Å². The summed E-state index contributed by atoms with van der Waals surface area (Å²) in [5.41, 5.74) is 2.88. The zero-order valence-corrected chi connectivity index (χ0v) is 18.3. The summed E-state index contributed by atoms with van der Waals surface area (Å²) < 4.78 is 16.7. The number of benzene rings is 2. The number of methoxy groups -OCH3 is 1. The Hall–Kier alpha value is -3.35. The molecule has 1 amide bonds. The minimum absolute atomic E-state index is 0.0393. The van der Waals surface area contributed by atoms with Gasteiger partial charge in [0.05, 0.1) is 19.1 Å². The molecule has 1 saturated heterocycles. The van der Waals surface area contributed by atoms with E-state index in [1.807, 2.05) is 44.2 Å². The molecule has 0 radical (unpaired) electrons. The van der Waals surface area contributed by atoms with E-state index in [9.17, 15) is 4.79 Å². The molecule has 0 bridgehead atoms. The van der Waals surface area contributed by atoms with Gasteiger partial charge in [0, 0.05) is 24.2 Å². The maximum atomic E-state index is 12.6. The third-order valence-corrected chi connectivity index (χ3v) is 5.33. The lowest BCUT2D eigenvalue weighted by Gasteiger charge is -2.16. The highest BCUT2D eigenvalue weighted by atomic mass is 16.5. The van der Waals surface area contributed by atoms with Gasteiger partial charge >= 0.3 is 0 Å². The fraction of sp³-hybridized carbons (Fsp3) is 0.375. The van der Waals surface area contributed by atoms with Gasteiger partial charge in [0.2, 0.25) is 17.6 Å². The lowest BCUT2D eigenvalue weighted by Crippen LogP contribution is -2.24. The lowest BCUT2D eigenvalue weighted by atomic mass is 10.1. The maximum absolute atomic E-state index is 12.6. The van der Waals surface area contributed by atoms with Gasteiger partial charge in [-0.1, -0.05) is 24.2 Å². The van der Waals surface area contributed by atoms with Crippen molar-refractivity contribution < 1.29 is 18.8 Å². The standard InChI is InChI=1S/C24H27N3O4/c1-5-16-7-6-8-19(11-16)27-14-18(13-22(27)28)24-25-23(26-31-24)17-9-10-20(30-15(2)3)21(12-17)29-4/h6-12,15,18H,5,13-14H2,1-4H3. The summed E-state index contributed by atoms with van der Waals surface area (Å²) in [5, 5.41) is 4.13. The number of carbonyl (C=O) groups is 1. The Morgan fingerprint density at radius 2 is 2.03 bits per heavy atom. The van der Waals surface area contributed by atoms with Gasteiger partial charge in [0.25, 0.3) is 0 Å². The molecule has 0 spiro atoms. The zero-order chi connectivity index (χ0) is 22.0. The monoisotopic (exact) mass is 421 g/mol. The Morgan fingerprint density at radius 3 is 2.77 bits per heavy atom. The molecule has 2 aromatic carbocycles. The fourth-order valence-corrected chi connectivity index (χ4v) is 3.74. The van der Waals surface area contributed by atoms with Crippen LogP contribution in [0.1, 0.15) is 44.6 Å². The molecule has 3 aromatic rings. The Bertz CT molecular complexity index is 1080. The first kappa shape index (κ1) is 20.9. The van der Waals surface area contributed by atoms with E-state index < -0.39 is 0 Å². The number of hydrogen-bond acceptors (Lipinski definition) is 6. The second-order valence-corrected chi connectivity index (χ2v) is 7.92. The number of rotatable bonds is 7. The van der Waals surface area contributed by atoms with Crippen LogP contribution in [0.5, 0.6) is 11.5 Å². The number of hydrogen-bond donors (Lipinski definition) is 0. The van der Waals surface area contributed by atoms with Crippen LogP contribution in [0.3, 0.4) is 0 Å². The van der Waals surface area contributed by atoms with Crippen molar-refractivity contribution in [1.82, 2.24) is 10.1 Å². The van der Waals surface area contributed by atoms with E-state index in [0.717, 1.165) is 17.7 Å². The molecular formula is C24H27N3O4. The second-order valence-electron chi connectivity index (χ2n) is 7.92. The molecule has 1 aliphatic rings. The van der Waals surface area contributed by atoms with E-state index in [1.54, 1.807) is 12.0 Å². The summed E-state index contributed by atoms with van der Waals surface area (Å²) in [7, 11) is 1.60. The molecule has 0 N–H and O–H groups in total. The topological polar surface area (TPSA) is 77.7 Å². The molecule has 4 rings (SSSR count). The third kappa shape index (κ3) is 4.40. The molecule has 0 aliphatic carbocycles. The van der Waals surface area contributed by atoms with Crippen molar-refractivity contribution >= 4 is 11.6 Å². The number of carbonyl (C=O) groups excluding carboxylic acids is 1. The average Bonchev–Trinajstić information content (AvgIpc) is 3.40. The van der Waals surface area contributed by atoms with E-state index in [-0.39, 0.29) is 17.9 Å². The molecule has 1 fully saturated rings. The number of amides is 1. The minimum atomic E-state index is -0.135. The molecular weight excluding hydrogens is 394 g/mol. The van der Waals surface area contributed by atoms with E-state index in [4.69, 9.17) is 14.0 Å². The van der Waals surface area contributed by atoms with Gasteiger partial charge in [-0.2, -0.15) is 4.98 Å². The molecule has 1 aliphatic heterocycles. The first-order valence-corrected chi connectivity index (χ1v) is 10.6. The van der Waals surface area contributed by atoms with Crippen LogP contribution < -0.4 is 14.4 Å². The molecule has 2 heterocycles. The second kappa shape index (κ2) is 8.79. The third-order valence-electron chi connectivity index (χ3n) is 5.33. The highest BCUT2D eigenvalue weighted by Crippen LogP contribution is 2.35. The van der Waals surface area contributed by atoms with Crippen LogP contribution in [0.2, 0.25) is 0 Å². The quantitative estimate of drug-likeness (QED) is 0.554. The molecule has 7 nitrogen and oxygen atoms in total. The van der Waals surface area contributed by atoms with Crippen LogP contribution >= 0.6 is 0 Å². The molecule has 7 heteroatoms. The van der Waals surface area contributed by atoms with Crippen molar-refractivity contribution in [2.24, 2.45) is 0 Å². The Kier molecular flexibility index (Phi) is 5.93. The normalized spacial score (nSPS) is 16.2. The van der Waals surface area contributed by atoms with Crippen molar-refractivity contribution in [2.45, 2.75) is 45.6 Å². The van der Waals surface area contributed by atoms with Gasteiger partial charge < -0.3 is 18.9 Å². The first-order chi connectivity index (χ1) is 15.0. The Balaban J connectivity index is 1.53. The zero-order valence-electron chi connectivity index (χ0n) is 18.3. The molecule has 0 saturated carbocycles. The van der Waals surface area contributed by atoms with Crippen molar-refractivity contribution in [3.05, 3.63) is 53.9 Å². The van der Waals surface area contributed by atoms with Gasteiger partial charge in [0.1, 0.15) is 0 Å². The summed E-state index contributed by atoms with van der Waals surface area (Å²) in [4.78, 5) is 19.0. The van der Waals surface area contributed by atoms with Crippen molar-refractivity contribution in [1.29, 1.82) is 0 Å². The van der Waals surface area contributed by atoms with Crippen molar-refractivity contribution in [2.75, 3.05) is 18.6 Å². The van der Waals surface area contributed by atoms with E-state index in [1.165, 1.54) is 5.56 Å². The van der Waals surface area contributed by atoms with Gasteiger partial charge in [-0.15, -0.1) is 0 Å². The Labute approximate surface area is 182 Å². The molecule has 1 atom stereocenters. The number of aryl methyl sites for hydroxylation is 1. The summed E-state index contributed by atoms with van der Waals surface area (Å²) in [6, 6.07) is 13.6. The SMILES string of the molecule is CCc1cccc(N2CC(c3nc(-c4ccc(OC(C)C)c(OC)c4)no3)CC2=O)c1. The largest absolute Gasteiger partial charge is 0.493 e. The Morgan fingerprint density at radius 1 is 1.19 bits per heavy atom. The van der Waals surface area contributed by atoms with Crippen molar-refractivity contribution in [3.8, 4) is 22.9 Å². The number of aromatic nitrogens is 2. The van der Waals surface area contributed by atoms with E-state index in [2.05, 4.69) is 29.2 Å². The van der Waals surface area contributed by atoms with Crippen molar-refractivity contribution in [3.63, 3.8) is 0 Å². The van der Waals surface area contributed by atoms with Crippen LogP contribution in [0.15, 0.2) is 47.0 Å². The number of ether oxygens (including phenoxy) is 2. The lowest BCUT2D eigenvalue weighted by molar-refractivity contribution is -0.117. The molecule has 1 unspecified atom stereocenters. The molecule has 162 valence electrons. The average molecular weight is 421 g/mol. The predicted octanol–water partition coefficient (Wildman–Crippen LogP) is 4.62. The summed E-state index contributed by atoms with van der Waals surface area (Å²) in [6.45, 7) is 6.55. The molecule has 1 aromatic heterocycles. The van der Waals surface area contributed by atoms with Gasteiger partial charge in [-0.3, -0.25) is 4.79 Å². The van der Waals surface area contributed by atoms with Crippen LogP contribution in [0.4, 0.5) is 5.69 Å². The maximum Gasteiger partial charge on any atom is 0.232 e. The summed E-state index contributed by atoms with van der Waals surface area (Å²) >= 11 is 0. The van der Waals surface area contributed by atoms with Crippen LogP contribution in [-0.2, 0) is 11.2 Å². The summed E-state index contributed by atoms with van der Waals surface area (Å²) in [5.74, 6) is 2.13. The first-order valence-electron chi connectivity index (χ1n) is 10.6. The fourth-order valence-electron chi connectivity index (χ4n) is 3.74. The van der Waals surface area contributed by atoms with Crippen LogP contribution in [0.25, 0.3) is 11.4 Å². The van der Waals surface area contributed by atoms with Gasteiger partial charge in [-0.05, 0) is 56.2 Å². The smallest absolute Gasteiger partial charge is 0.232 e. The number of anilines is 1. The predicted molar refractivity (Wildman–Crippen MR) is 118 cm³/mol. The van der Waals surface area contributed by atoms with Crippen LogP contribution in [0, 0.1) is 0 Å². The number of nitrogens with zero attached hydrogens (tertiary/aromatic N) is 3. The highest BCUT2D eigenvalue weighted by Gasteiger charge is 2.35. The minimum Gasteiger partial charge on any atom is -0.493 e. The van der Waals surface area contributed by atoms with Crippen LogP contribution in [-0.4, -0.2) is 35.8 Å². The highest BCUT2D eigenvalue weighted by molar-refractivity contribution is 5.96. The summed E-state index contributed by atoms with van der Waals surface area (Å²) in [6.07, 6.45) is 1.32. The van der Waals surface area contributed by atoms with Gasteiger partial charge in [0.15, 0.2) is 11.5 Å². The van der Waals surface area contributed by atoms with E-state index >= 15 is 0 Å². The van der Waals surface area contributed by atoms with Gasteiger partial charge in [-0.25, -0.2) is 0 Å².